The van der Waals surface area contributed by atoms with Crippen molar-refractivity contribution in [2.45, 2.75) is 19.3 Å². The van der Waals surface area contributed by atoms with Crippen molar-refractivity contribution < 1.29 is 13.5 Å². The van der Waals surface area contributed by atoms with Crippen LogP contribution >= 0.6 is 0 Å². The Balaban J connectivity index is 2.14. The van der Waals surface area contributed by atoms with Gasteiger partial charge in [0.25, 0.3) is 0 Å². The number of sulfonamides is 1. The Bertz CT molecular complexity index is 492. The highest BCUT2D eigenvalue weighted by molar-refractivity contribution is 7.92. The molecule has 0 aromatic heterocycles. The lowest BCUT2D eigenvalue weighted by molar-refractivity contribution is 0.467. The summed E-state index contributed by atoms with van der Waals surface area (Å²) < 4.78 is 24.3. The van der Waals surface area contributed by atoms with E-state index in [2.05, 4.69) is 4.72 Å². The molecular weight excluding hydrogens is 226 g/mol. The molecule has 0 bridgehead atoms. The third-order valence-electron chi connectivity index (χ3n) is 2.59. The van der Waals surface area contributed by atoms with E-state index in [1.807, 2.05) is 0 Å². The van der Waals surface area contributed by atoms with Gasteiger partial charge in [0.15, 0.2) is 0 Å². The summed E-state index contributed by atoms with van der Waals surface area (Å²) >= 11 is 0. The highest BCUT2D eigenvalue weighted by atomic mass is 32.2. The minimum atomic E-state index is -3.28. The minimum absolute atomic E-state index is 0.167. The van der Waals surface area contributed by atoms with Gasteiger partial charge < -0.3 is 5.11 Å². The number of benzene rings is 1. The molecule has 0 amide bonds. The lowest BCUT2D eigenvalue weighted by Crippen LogP contribution is -2.09. The average molecular weight is 241 g/mol. The van der Waals surface area contributed by atoms with Gasteiger partial charge in [0.1, 0.15) is 5.75 Å². The molecular formula is C11H15NO3S. The lowest BCUT2D eigenvalue weighted by Gasteiger charge is -2.07. The van der Waals surface area contributed by atoms with Crippen LogP contribution in [0.4, 0.5) is 5.69 Å². The van der Waals surface area contributed by atoms with Crippen molar-refractivity contribution in [2.75, 3.05) is 11.0 Å². The van der Waals surface area contributed by atoms with Crippen LogP contribution < -0.4 is 4.72 Å². The summed E-state index contributed by atoms with van der Waals surface area (Å²) in [4.78, 5) is 0. The molecule has 0 unspecified atom stereocenters. The number of phenols is 1. The molecule has 2 N–H and O–H groups in total. The first-order valence-electron chi connectivity index (χ1n) is 5.24. The normalized spacial score (nSPS) is 16.1. The molecule has 0 aliphatic heterocycles. The second-order valence-corrected chi connectivity index (χ2v) is 6.11. The molecule has 1 saturated carbocycles. The molecule has 1 fully saturated rings. The van der Waals surface area contributed by atoms with Crippen LogP contribution in [0.25, 0.3) is 0 Å². The smallest absolute Gasteiger partial charge is 0.229 e. The molecule has 0 saturated heterocycles. The zero-order valence-electron chi connectivity index (χ0n) is 9.10. The second-order valence-electron chi connectivity index (χ2n) is 4.37. The van der Waals surface area contributed by atoms with E-state index in [1.54, 1.807) is 12.1 Å². The number of phenolic OH excluding ortho intramolecular Hbond substituents is 1. The Hall–Kier alpha value is -1.23. The maximum Gasteiger partial charge on any atom is 0.229 e. The fraction of sp³-hybridized carbons (Fsp3) is 0.455. The van der Waals surface area contributed by atoms with Gasteiger partial charge >= 0.3 is 0 Å². The zero-order chi connectivity index (χ0) is 11.8. The molecule has 5 heteroatoms. The maximum absolute atomic E-state index is 11.0. The lowest BCUT2D eigenvalue weighted by atomic mass is 10.1. The standard InChI is InChI=1S/C11H15NO3S/c1-16(14,15)12-10-5-4-9(11(13)7-10)6-8-2-3-8/h4-5,7-8,12-13H,2-3,6H2,1H3. The predicted octanol–water partition coefficient (Wildman–Crippen LogP) is 1.72. The number of hydrogen-bond donors (Lipinski definition) is 2. The average Bonchev–Trinajstić information content (AvgIpc) is 2.90. The van der Waals surface area contributed by atoms with Crippen molar-refractivity contribution >= 4 is 15.7 Å². The Morgan fingerprint density at radius 1 is 1.44 bits per heavy atom. The molecule has 16 heavy (non-hydrogen) atoms. The molecule has 0 atom stereocenters. The highest BCUT2D eigenvalue weighted by Crippen LogP contribution is 2.35. The summed E-state index contributed by atoms with van der Waals surface area (Å²) in [5, 5.41) is 9.73. The Labute approximate surface area is 95.4 Å². The van der Waals surface area contributed by atoms with E-state index < -0.39 is 10.0 Å². The van der Waals surface area contributed by atoms with Gasteiger partial charge in [0.05, 0.1) is 11.9 Å². The monoisotopic (exact) mass is 241 g/mol. The maximum atomic E-state index is 11.0. The van der Waals surface area contributed by atoms with Gasteiger partial charge in [-0.25, -0.2) is 8.42 Å². The summed E-state index contributed by atoms with van der Waals surface area (Å²) in [6.07, 6.45) is 4.42. The molecule has 0 spiro atoms. The largest absolute Gasteiger partial charge is 0.508 e. The van der Waals surface area contributed by atoms with E-state index in [9.17, 15) is 13.5 Å². The topological polar surface area (TPSA) is 66.4 Å². The molecule has 1 aliphatic carbocycles. The van der Waals surface area contributed by atoms with Gasteiger partial charge in [-0.05, 0) is 36.8 Å². The van der Waals surface area contributed by atoms with Crippen LogP contribution in [0, 0.1) is 5.92 Å². The van der Waals surface area contributed by atoms with Gasteiger partial charge in [-0.15, -0.1) is 0 Å². The van der Waals surface area contributed by atoms with E-state index >= 15 is 0 Å². The SMILES string of the molecule is CS(=O)(=O)Nc1ccc(CC2CC2)c(O)c1. The number of nitrogens with one attached hydrogen (secondary N) is 1. The van der Waals surface area contributed by atoms with E-state index in [1.165, 1.54) is 18.9 Å². The second kappa shape index (κ2) is 3.97. The minimum Gasteiger partial charge on any atom is -0.508 e. The van der Waals surface area contributed by atoms with Gasteiger partial charge in [0, 0.05) is 6.07 Å². The molecule has 4 nitrogen and oxygen atoms in total. The van der Waals surface area contributed by atoms with Crippen molar-refractivity contribution in [2.24, 2.45) is 5.92 Å². The molecule has 0 radical (unpaired) electrons. The highest BCUT2D eigenvalue weighted by Gasteiger charge is 2.22. The molecule has 2 rings (SSSR count). The number of anilines is 1. The fourth-order valence-electron chi connectivity index (χ4n) is 1.65. The summed E-state index contributed by atoms with van der Waals surface area (Å²) in [5.41, 5.74) is 1.29. The first-order valence-corrected chi connectivity index (χ1v) is 7.13. The Morgan fingerprint density at radius 2 is 2.12 bits per heavy atom. The third-order valence-corrected chi connectivity index (χ3v) is 3.20. The van der Waals surface area contributed by atoms with Crippen LogP contribution in [0.5, 0.6) is 5.75 Å². The Kier molecular flexibility index (Phi) is 2.80. The van der Waals surface area contributed by atoms with Crippen LogP contribution in [-0.4, -0.2) is 19.8 Å². The first kappa shape index (κ1) is 11.3. The van der Waals surface area contributed by atoms with E-state index in [0.717, 1.165) is 18.2 Å². The van der Waals surface area contributed by atoms with Crippen molar-refractivity contribution in [1.82, 2.24) is 0 Å². The van der Waals surface area contributed by atoms with Gasteiger partial charge in [-0.2, -0.15) is 0 Å². The predicted molar refractivity (Wildman–Crippen MR) is 63.0 cm³/mol. The van der Waals surface area contributed by atoms with Crippen LogP contribution in [0.3, 0.4) is 0 Å². The van der Waals surface area contributed by atoms with Crippen molar-refractivity contribution in [1.29, 1.82) is 0 Å². The van der Waals surface area contributed by atoms with Gasteiger partial charge in [-0.1, -0.05) is 6.07 Å². The number of rotatable bonds is 4. The molecule has 1 aliphatic rings. The summed E-state index contributed by atoms with van der Waals surface area (Å²) in [6, 6.07) is 4.92. The molecule has 0 heterocycles. The van der Waals surface area contributed by atoms with Crippen LogP contribution in [0.2, 0.25) is 0 Å². The quantitative estimate of drug-likeness (QED) is 0.843. The van der Waals surface area contributed by atoms with Crippen molar-refractivity contribution in [3.63, 3.8) is 0 Å². The Morgan fingerprint density at radius 3 is 2.62 bits per heavy atom. The van der Waals surface area contributed by atoms with Crippen LogP contribution in [-0.2, 0) is 16.4 Å². The van der Waals surface area contributed by atoms with Crippen molar-refractivity contribution in [3.8, 4) is 5.75 Å². The fourth-order valence-corrected chi connectivity index (χ4v) is 2.20. The van der Waals surface area contributed by atoms with Gasteiger partial charge in [-0.3, -0.25) is 4.72 Å². The number of hydrogen-bond acceptors (Lipinski definition) is 3. The van der Waals surface area contributed by atoms with E-state index in [0.29, 0.717) is 11.6 Å². The summed E-state index contributed by atoms with van der Waals surface area (Å²) in [6.45, 7) is 0. The van der Waals surface area contributed by atoms with E-state index in [4.69, 9.17) is 0 Å². The van der Waals surface area contributed by atoms with E-state index in [-0.39, 0.29) is 5.75 Å². The molecule has 1 aromatic carbocycles. The molecule has 1 aromatic rings. The van der Waals surface area contributed by atoms with Crippen LogP contribution in [0.1, 0.15) is 18.4 Å². The van der Waals surface area contributed by atoms with Gasteiger partial charge in [0.2, 0.25) is 10.0 Å². The van der Waals surface area contributed by atoms with Crippen LogP contribution in [0.15, 0.2) is 18.2 Å². The third kappa shape index (κ3) is 3.13. The first-order chi connectivity index (χ1) is 7.44. The zero-order valence-corrected chi connectivity index (χ0v) is 9.92. The summed E-state index contributed by atoms with van der Waals surface area (Å²) in [5.74, 6) is 0.861. The number of aromatic hydroxyl groups is 1. The summed E-state index contributed by atoms with van der Waals surface area (Å²) in [7, 11) is -3.28. The molecule has 88 valence electrons. The van der Waals surface area contributed by atoms with Crippen molar-refractivity contribution in [3.05, 3.63) is 23.8 Å².